The van der Waals surface area contributed by atoms with Crippen LogP contribution in [-0.4, -0.2) is 26.6 Å². The maximum absolute atomic E-state index is 12.5. The van der Waals surface area contributed by atoms with Crippen molar-refractivity contribution in [3.8, 4) is 0 Å². The standard InChI is InChI=1S/C11H14F3N3O2/c1-3-5-10(2,8(18)19)17-9-15-6-4-7(16-9)11(12,13)14/h4,6H,3,5H2,1-2H3,(H,18,19)(H,15,16,17). The number of rotatable bonds is 5. The number of halogens is 3. The average Bonchev–Trinajstić information content (AvgIpc) is 2.28. The van der Waals surface area contributed by atoms with E-state index in [1.165, 1.54) is 6.92 Å². The molecule has 1 unspecified atom stereocenters. The minimum Gasteiger partial charge on any atom is -0.480 e. The Kier molecular flexibility index (Phi) is 4.33. The van der Waals surface area contributed by atoms with Gasteiger partial charge in [0.25, 0.3) is 0 Å². The van der Waals surface area contributed by atoms with Crippen LogP contribution in [0.5, 0.6) is 0 Å². The van der Waals surface area contributed by atoms with Crippen LogP contribution in [0.1, 0.15) is 32.4 Å². The molecule has 106 valence electrons. The van der Waals surface area contributed by atoms with Gasteiger partial charge in [0, 0.05) is 6.20 Å². The van der Waals surface area contributed by atoms with Crippen LogP contribution in [0.15, 0.2) is 12.3 Å². The molecular formula is C11H14F3N3O2. The Morgan fingerprint density at radius 2 is 2.11 bits per heavy atom. The van der Waals surface area contributed by atoms with Crippen molar-refractivity contribution in [3.63, 3.8) is 0 Å². The second-order valence-corrected chi connectivity index (χ2v) is 4.28. The van der Waals surface area contributed by atoms with Gasteiger partial charge in [-0.2, -0.15) is 13.2 Å². The van der Waals surface area contributed by atoms with Crippen LogP contribution in [-0.2, 0) is 11.0 Å². The third kappa shape index (κ3) is 3.80. The molecule has 0 aliphatic heterocycles. The van der Waals surface area contributed by atoms with Crippen molar-refractivity contribution in [1.82, 2.24) is 9.97 Å². The van der Waals surface area contributed by atoms with Crippen molar-refractivity contribution in [2.45, 2.75) is 38.4 Å². The monoisotopic (exact) mass is 277 g/mol. The number of carbonyl (C=O) groups is 1. The summed E-state index contributed by atoms with van der Waals surface area (Å²) in [6.45, 7) is 3.15. The first kappa shape index (κ1) is 15.2. The molecule has 0 aromatic carbocycles. The van der Waals surface area contributed by atoms with Gasteiger partial charge in [0.2, 0.25) is 5.95 Å². The second-order valence-electron chi connectivity index (χ2n) is 4.28. The molecule has 0 aliphatic carbocycles. The summed E-state index contributed by atoms with van der Waals surface area (Å²) >= 11 is 0. The lowest BCUT2D eigenvalue weighted by Gasteiger charge is -2.25. The highest BCUT2D eigenvalue weighted by Gasteiger charge is 2.35. The number of hydrogen-bond acceptors (Lipinski definition) is 4. The second kappa shape index (κ2) is 5.41. The van der Waals surface area contributed by atoms with Crippen molar-refractivity contribution >= 4 is 11.9 Å². The van der Waals surface area contributed by atoms with E-state index in [1.54, 1.807) is 6.92 Å². The number of aliphatic carboxylic acids is 1. The van der Waals surface area contributed by atoms with Crippen LogP contribution in [0, 0.1) is 0 Å². The molecule has 5 nitrogen and oxygen atoms in total. The first-order valence-corrected chi connectivity index (χ1v) is 5.61. The van der Waals surface area contributed by atoms with Crippen molar-refractivity contribution in [2.24, 2.45) is 0 Å². The number of carboxylic acids is 1. The highest BCUT2D eigenvalue weighted by Crippen LogP contribution is 2.28. The van der Waals surface area contributed by atoms with E-state index in [-0.39, 0.29) is 12.4 Å². The SMILES string of the molecule is CCCC(C)(Nc1nccc(C(F)(F)F)n1)C(=O)O. The fraction of sp³-hybridized carbons (Fsp3) is 0.545. The quantitative estimate of drug-likeness (QED) is 0.865. The van der Waals surface area contributed by atoms with Crippen molar-refractivity contribution in [2.75, 3.05) is 5.32 Å². The summed E-state index contributed by atoms with van der Waals surface area (Å²) in [5.41, 5.74) is -2.52. The zero-order valence-corrected chi connectivity index (χ0v) is 10.5. The highest BCUT2D eigenvalue weighted by molar-refractivity contribution is 5.81. The summed E-state index contributed by atoms with van der Waals surface area (Å²) in [6.07, 6.45) is -2.87. The van der Waals surface area contributed by atoms with E-state index in [0.29, 0.717) is 6.42 Å². The molecule has 19 heavy (non-hydrogen) atoms. The molecule has 8 heteroatoms. The molecule has 0 saturated carbocycles. The third-order valence-electron chi connectivity index (χ3n) is 2.56. The number of hydrogen-bond donors (Lipinski definition) is 2. The highest BCUT2D eigenvalue weighted by atomic mass is 19.4. The summed E-state index contributed by atoms with van der Waals surface area (Å²) in [7, 11) is 0. The molecule has 1 rings (SSSR count). The largest absolute Gasteiger partial charge is 0.480 e. The van der Waals surface area contributed by atoms with E-state index in [1.807, 2.05) is 0 Å². The Labute approximate surface area is 107 Å². The Morgan fingerprint density at radius 1 is 1.47 bits per heavy atom. The lowest BCUT2D eigenvalue weighted by molar-refractivity contribution is -0.142. The van der Waals surface area contributed by atoms with Gasteiger partial charge in [-0.3, -0.25) is 0 Å². The zero-order valence-electron chi connectivity index (χ0n) is 10.5. The minimum absolute atomic E-state index is 0.238. The maximum atomic E-state index is 12.5. The van der Waals surface area contributed by atoms with Crippen LogP contribution < -0.4 is 5.32 Å². The first-order chi connectivity index (χ1) is 8.69. The molecule has 0 bridgehead atoms. The molecule has 1 aromatic rings. The van der Waals surface area contributed by atoms with Gasteiger partial charge in [0.1, 0.15) is 11.2 Å². The molecule has 0 saturated heterocycles. The fourth-order valence-corrected chi connectivity index (χ4v) is 1.55. The van der Waals surface area contributed by atoms with E-state index >= 15 is 0 Å². The van der Waals surface area contributed by atoms with E-state index in [9.17, 15) is 18.0 Å². The van der Waals surface area contributed by atoms with Crippen LogP contribution >= 0.6 is 0 Å². The molecule has 1 aromatic heterocycles. The van der Waals surface area contributed by atoms with Gasteiger partial charge in [-0.25, -0.2) is 14.8 Å². The average molecular weight is 277 g/mol. The van der Waals surface area contributed by atoms with Crippen LogP contribution in [0.3, 0.4) is 0 Å². The van der Waals surface area contributed by atoms with E-state index < -0.39 is 23.4 Å². The number of anilines is 1. The number of alkyl halides is 3. The van der Waals surface area contributed by atoms with Gasteiger partial charge in [-0.15, -0.1) is 0 Å². The minimum atomic E-state index is -4.59. The topological polar surface area (TPSA) is 75.1 Å². The predicted octanol–water partition coefficient (Wildman–Crippen LogP) is 2.55. The van der Waals surface area contributed by atoms with Gasteiger partial charge in [-0.05, 0) is 19.4 Å². The number of nitrogens with zero attached hydrogens (tertiary/aromatic N) is 2. The molecule has 0 aliphatic rings. The van der Waals surface area contributed by atoms with Gasteiger partial charge < -0.3 is 10.4 Å². The third-order valence-corrected chi connectivity index (χ3v) is 2.56. The van der Waals surface area contributed by atoms with Gasteiger partial charge in [0.05, 0.1) is 0 Å². The molecule has 1 atom stereocenters. The Balaban J connectivity index is 3.01. The lowest BCUT2D eigenvalue weighted by Crippen LogP contribution is -2.43. The summed E-state index contributed by atoms with van der Waals surface area (Å²) in [6, 6.07) is 0.725. The Hall–Kier alpha value is -1.86. The maximum Gasteiger partial charge on any atom is 0.433 e. The molecule has 0 fully saturated rings. The molecule has 0 radical (unpaired) electrons. The Morgan fingerprint density at radius 3 is 2.58 bits per heavy atom. The summed E-state index contributed by atoms with van der Waals surface area (Å²) in [4.78, 5) is 18.1. The number of nitrogens with one attached hydrogen (secondary N) is 1. The summed E-state index contributed by atoms with van der Waals surface area (Å²) < 4.78 is 37.4. The van der Waals surface area contributed by atoms with Crippen molar-refractivity contribution in [1.29, 1.82) is 0 Å². The summed E-state index contributed by atoms with van der Waals surface area (Å²) in [5.74, 6) is -1.52. The van der Waals surface area contributed by atoms with Crippen LogP contribution in [0.25, 0.3) is 0 Å². The van der Waals surface area contributed by atoms with Gasteiger partial charge in [-0.1, -0.05) is 13.3 Å². The molecular weight excluding hydrogens is 263 g/mol. The predicted molar refractivity (Wildman–Crippen MR) is 61.6 cm³/mol. The van der Waals surface area contributed by atoms with Crippen LogP contribution in [0.4, 0.5) is 19.1 Å². The number of carboxylic acid groups (broad SMARTS) is 1. The Bertz CT molecular complexity index is 465. The lowest BCUT2D eigenvalue weighted by atomic mass is 9.97. The van der Waals surface area contributed by atoms with Crippen molar-refractivity contribution < 1.29 is 23.1 Å². The van der Waals surface area contributed by atoms with Crippen LogP contribution in [0.2, 0.25) is 0 Å². The first-order valence-electron chi connectivity index (χ1n) is 5.61. The molecule has 1 heterocycles. The van der Waals surface area contributed by atoms with Crippen molar-refractivity contribution in [3.05, 3.63) is 18.0 Å². The van der Waals surface area contributed by atoms with E-state index in [4.69, 9.17) is 5.11 Å². The van der Waals surface area contributed by atoms with E-state index in [2.05, 4.69) is 15.3 Å². The smallest absolute Gasteiger partial charge is 0.433 e. The normalized spacial score (nSPS) is 14.8. The molecule has 0 spiro atoms. The molecule has 2 N–H and O–H groups in total. The van der Waals surface area contributed by atoms with Gasteiger partial charge >= 0.3 is 12.1 Å². The summed E-state index contributed by atoms with van der Waals surface area (Å²) in [5, 5.41) is 11.6. The number of aromatic nitrogens is 2. The molecule has 0 amide bonds. The fourth-order valence-electron chi connectivity index (χ4n) is 1.55. The van der Waals surface area contributed by atoms with E-state index in [0.717, 1.165) is 12.3 Å². The zero-order chi connectivity index (χ0) is 14.7. The van der Waals surface area contributed by atoms with Gasteiger partial charge in [0.15, 0.2) is 0 Å².